The minimum Gasteiger partial charge on any atom is -0.347 e. The number of hydrogen-bond donors (Lipinski definition) is 3. The number of hydrogen-bond acceptors (Lipinski definition) is 4. The lowest BCUT2D eigenvalue weighted by Crippen LogP contribution is -2.59. The summed E-state index contributed by atoms with van der Waals surface area (Å²) in [6.45, 7) is 3.80. The quantitative estimate of drug-likeness (QED) is 0.512. The molecular formula is C11H20N4O2. The van der Waals surface area contributed by atoms with Gasteiger partial charge in [0.05, 0.1) is 0 Å². The maximum atomic E-state index is 11.6. The Balaban J connectivity index is 1.80. The van der Waals surface area contributed by atoms with E-state index < -0.39 is 11.8 Å². The topological polar surface area (TPSA) is 87.5 Å². The largest absolute Gasteiger partial charge is 0.347 e. The van der Waals surface area contributed by atoms with Crippen LogP contribution in [0.25, 0.3) is 0 Å². The van der Waals surface area contributed by atoms with Crippen molar-refractivity contribution in [2.45, 2.75) is 18.9 Å². The van der Waals surface area contributed by atoms with Gasteiger partial charge in [0.15, 0.2) is 0 Å². The van der Waals surface area contributed by atoms with Crippen molar-refractivity contribution in [1.29, 1.82) is 0 Å². The van der Waals surface area contributed by atoms with Gasteiger partial charge in [0.2, 0.25) is 0 Å². The first-order valence-electron chi connectivity index (χ1n) is 6.22. The van der Waals surface area contributed by atoms with Crippen molar-refractivity contribution < 1.29 is 9.59 Å². The van der Waals surface area contributed by atoms with Gasteiger partial charge in [-0.1, -0.05) is 0 Å². The van der Waals surface area contributed by atoms with Gasteiger partial charge in [0, 0.05) is 25.7 Å². The molecule has 0 aliphatic carbocycles. The molecule has 0 radical (unpaired) electrons. The fraction of sp³-hybridized carbons (Fsp3) is 0.818. The molecule has 3 heterocycles. The second-order valence-corrected chi connectivity index (χ2v) is 4.76. The van der Waals surface area contributed by atoms with E-state index in [2.05, 4.69) is 15.5 Å². The molecule has 2 amide bonds. The molecular weight excluding hydrogens is 220 g/mol. The minimum atomic E-state index is -0.577. The van der Waals surface area contributed by atoms with Crippen LogP contribution in [0, 0.1) is 5.92 Å². The summed E-state index contributed by atoms with van der Waals surface area (Å²) < 4.78 is 0. The van der Waals surface area contributed by atoms with Crippen LogP contribution in [0.1, 0.15) is 12.8 Å². The van der Waals surface area contributed by atoms with Crippen molar-refractivity contribution in [3.8, 4) is 0 Å². The molecule has 0 aromatic carbocycles. The Morgan fingerprint density at radius 3 is 2.47 bits per heavy atom. The molecule has 0 aromatic rings. The summed E-state index contributed by atoms with van der Waals surface area (Å²) in [6, 6.07) is 0.133. The number of fused-ring (bicyclic) bond motifs is 3. The molecule has 1 unspecified atom stereocenters. The number of piperidine rings is 3. The SMILES string of the molecule is NCCNC(=O)C(=O)NC1CN2CCC1CC2. The maximum Gasteiger partial charge on any atom is 0.309 e. The zero-order valence-corrected chi connectivity index (χ0v) is 9.95. The molecule has 3 aliphatic heterocycles. The second-order valence-electron chi connectivity index (χ2n) is 4.76. The van der Waals surface area contributed by atoms with Crippen LogP contribution >= 0.6 is 0 Å². The highest BCUT2D eigenvalue weighted by atomic mass is 16.2. The van der Waals surface area contributed by atoms with Crippen molar-refractivity contribution in [1.82, 2.24) is 15.5 Å². The normalized spacial score (nSPS) is 31.0. The molecule has 3 fully saturated rings. The average Bonchev–Trinajstić information content (AvgIpc) is 2.37. The van der Waals surface area contributed by atoms with E-state index in [1.54, 1.807) is 0 Å². The van der Waals surface area contributed by atoms with Gasteiger partial charge in [0.1, 0.15) is 0 Å². The number of nitrogens with one attached hydrogen (secondary N) is 2. The molecule has 0 aromatic heterocycles. The van der Waals surface area contributed by atoms with Crippen LogP contribution in [0.15, 0.2) is 0 Å². The zero-order chi connectivity index (χ0) is 12.3. The molecule has 17 heavy (non-hydrogen) atoms. The van der Waals surface area contributed by atoms with Crippen molar-refractivity contribution in [2.75, 3.05) is 32.7 Å². The molecule has 3 saturated heterocycles. The van der Waals surface area contributed by atoms with E-state index in [9.17, 15) is 9.59 Å². The van der Waals surface area contributed by atoms with Gasteiger partial charge < -0.3 is 21.3 Å². The summed E-state index contributed by atoms with van der Waals surface area (Å²) in [4.78, 5) is 25.3. The first-order chi connectivity index (χ1) is 8.20. The number of nitrogens with zero attached hydrogens (tertiary/aromatic N) is 1. The Labute approximate surface area is 101 Å². The van der Waals surface area contributed by atoms with Crippen LogP contribution in [0.5, 0.6) is 0 Å². The maximum absolute atomic E-state index is 11.6. The molecule has 6 heteroatoms. The summed E-state index contributed by atoms with van der Waals surface area (Å²) in [5.74, 6) is -0.574. The average molecular weight is 240 g/mol. The summed E-state index contributed by atoms with van der Waals surface area (Å²) in [7, 11) is 0. The van der Waals surface area contributed by atoms with Gasteiger partial charge in [-0.05, 0) is 31.8 Å². The third-order valence-electron chi connectivity index (χ3n) is 3.61. The Kier molecular flexibility index (Phi) is 3.96. The van der Waals surface area contributed by atoms with Crippen LogP contribution in [0.4, 0.5) is 0 Å². The highest BCUT2D eigenvalue weighted by Gasteiger charge is 2.35. The van der Waals surface area contributed by atoms with Crippen molar-refractivity contribution in [3.63, 3.8) is 0 Å². The third-order valence-corrected chi connectivity index (χ3v) is 3.61. The van der Waals surface area contributed by atoms with Crippen LogP contribution in [0.2, 0.25) is 0 Å². The van der Waals surface area contributed by atoms with E-state index in [0.717, 1.165) is 32.5 Å². The molecule has 4 N–H and O–H groups in total. The lowest BCUT2D eigenvalue weighted by Gasteiger charge is -2.44. The Hall–Kier alpha value is -1.14. The van der Waals surface area contributed by atoms with E-state index in [0.29, 0.717) is 19.0 Å². The molecule has 3 aliphatic rings. The van der Waals surface area contributed by atoms with Gasteiger partial charge in [-0.3, -0.25) is 9.59 Å². The summed E-state index contributed by atoms with van der Waals surface area (Å²) in [5.41, 5.74) is 5.26. The zero-order valence-electron chi connectivity index (χ0n) is 9.95. The Morgan fingerprint density at radius 1 is 1.24 bits per heavy atom. The predicted molar refractivity (Wildman–Crippen MR) is 63.2 cm³/mol. The molecule has 1 atom stereocenters. The number of carbonyl (C=O) groups is 2. The van der Waals surface area contributed by atoms with E-state index in [-0.39, 0.29) is 6.04 Å². The molecule has 6 nitrogen and oxygen atoms in total. The lowest BCUT2D eigenvalue weighted by molar-refractivity contribution is -0.140. The highest BCUT2D eigenvalue weighted by molar-refractivity contribution is 6.35. The van der Waals surface area contributed by atoms with Crippen molar-refractivity contribution >= 4 is 11.8 Å². The smallest absolute Gasteiger partial charge is 0.309 e. The summed E-state index contributed by atoms with van der Waals surface area (Å²) >= 11 is 0. The molecule has 2 bridgehead atoms. The van der Waals surface area contributed by atoms with Crippen LogP contribution in [-0.4, -0.2) is 55.5 Å². The monoisotopic (exact) mass is 240 g/mol. The van der Waals surface area contributed by atoms with Crippen LogP contribution < -0.4 is 16.4 Å². The van der Waals surface area contributed by atoms with E-state index in [1.807, 2.05) is 0 Å². The summed E-state index contributed by atoms with van der Waals surface area (Å²) in [6.07, 6.45) is 2.24. The van der Waals surface area contributed by atoms with Crippen molar-refractivity contribution in [3.05, 3.63) is 0 Å². The minimum absolute atomic E-state index is 0.133. The van der Waals surface area contributed by atoms with Gasteiger partial charge in [-0.2, -0.15) is 0 Å². The fourth-order valence-electron chi connectivity index (χ4n) is 2.63. The number of amides is 2. The Morgan fingerprint density at radius 2 is 1.94 bits per heavy atom. The molecule has 3 rings (SSSR count). The van der Waals surface area contributed by atoms with Crippen LogP contribution in [-0.2, 0) is 9.59 Å². The van der Waals surface area contributed by atoms with E-state index >= 15 is 0 Å². The van der Waals surface area contributed by atoms with E-state index in [4.69, 9.17) is 5.73 Å². The predicted octanol–water partition coefficient (Wildman–Crippen LogP) is -1.73. The number of carbonyl (C=O) groups excluding carboxylic acids is 2. The van der Waals surface area contributed by atoms with Gasteiger partial charge in [0.25, 0.3) is 0 Å². The van der Waals surface area contributed by atoms with Gasteiger partial charge >= 0.3 is 11.8 Å². The third kappa shape index (κ3) is 2.95. The summed E-state index contributed by atoms with van der Waals surface area (Å²) in [5, 5.41) is 5.30. The van der Waals surface area contributed by atoms with Gasteiger partial charge in [-0.15, -0.1) is 0 Å². The highest BCUT2D eigenvalue weighted by Crippen LogP contribution is 2.27. The lowest BCUT2D eigenvalue weighted by atomic mass is 9.84. The number of nitrogens with two attached hydrogens (primary N) is 1. The van der Waals surface area contributed by atoms with E-state index in [1.165, 1.54) is 0 Å². The molecule has 0 spiro atoms. The van der Waals surface area contributed by atoms with Gasteiger partial charge in [-0.25, -0.2) is 0 Å². The second kappa shape index (κ2) is 5.46. The first kappa shape index (κ1) is 12.3. The Bertz CT molecular complexity index is 300. The molecule has 0 saturated carbocycles. The molecule has 96 valence electrons. The number of rotatable bonds is 3. The first-order valence-corrected chi connectivity index (χ1v) is 6.22. The standard InChI is InChI=1S/C11H20N4O2/c12-3-4-13-10(16)11(17)14-9-7-15-5-1-8(9)2-6-15/h8-9H,1-7,12H2,(H,13,16)(H,14,17). The van der Waals surface area contributed by atoms with Crippen molar-refractivity contribution in [2.24, 2.45) is 11.7 Å². The van der Waals surface area contributed by atoms with Crippen LogP contribution in [0.3, 0.4) is 0 Å². The fourth-order valence-corrected chi connectivity index (χ4v) is 2.63.